The van der Waals surface area contributed by atoms with Crippen molar-refractivity contribution in [1.29, 1.82) is 0 Å². The van der Waals surface area contributed by atoms with Crippen LogP contribution in [-0.4, -0.2) is 59.0 Å². The Balaban J connectivity index is 2.21. The zero-order valence-electron chi connectivity index (χ0n) is 17.5. The van der Waals surface area contributed by atoms with Gasteiger partial charge in [-0.3, -0.25) is 14.4 Å². The number of carbonyl (C=O) groups is 4. The number of hydrogen-bond donors (Lipinski definition) is 1. The lowest BCUT2D eigenvalue weighted by molar-refractivity contribution is -0.203. The average molecular weight is 422 g/mol. The summed E-state index contributed by atoms with van der Waals surface area (Å²) in [6.07, 6.45) is -2.59. The van der Waals surface area contributed by atoms with Crippen molar-refractivity contribution in [2.75, 3.05) is 0 Å². The molecule has 0 aromatic carbocycles. The standard InChI is InChI=1S/C21H26O9/c1-8-7-13(27-10(3)22)16-14(8)17-15(9(2)20(25)30-17)18(28-11(4)23)19(21(16,6)26)29-12(5)24/h7,13-19,26H,2H2,1,3-6H3/t13-,14-,15+,16-,17-,18-,19-,21+/m1/s1. The molecule has 30 heavy (non-hydrogen) atoms. The minimum Gasteiger partial charge on any atom is -0.458 e. The number of rotatable bonds is 3. The Labute approximate surface area is 174 Å². The highest BCUT2D eigenvalue weighted by atomic mass is 16.6. The SMILES string of the molecule is C=C1C(=O)O[C@H]2[C@H]1[C@@H](OC(C)=O)[C@@H](OC(C)=O)[C@@](C)(O)[C@H]1[C@H]2C(C)=C[C@H]1OC(C)=O. The minimum absolute atomic E-state index is 0.0589. The first kappa shape index (κ1) is 22.0. The fraction of sp³-hybridized carbons (Fsp3) is 0.619. The molecule has 164 valence electrons. The normalized spacial score (nSPS) is 39.8. The molecule has 0 radical (unpaired) electrons. The van der Waals surface area contributed by atoms with Crippen LogP contribution in [0.2, 0.25) is 0 Å². The fourth-order valence-electron chi connectivity index (χ4n) is 5.11. The van der Waals surface area contributed by atoms with Crippen molar-refractivity contribution in [3.63, 3.8) is 0 Å². The van der Waals surface area contributed by atoms with Crippen molar-refractivity contribution in [3.8, 4) is 0 Å². The van der Waals surface area contributed by atoms with E-state index in [9.17, 15) is 24.3 Å². The first-order chi connectivity index (χ1) is 13.9. The number of ether oxygens (including phenoxy) is 4. The number of fused-ring (bicyclic) bond motifs is 3. The van der Waals surface area contributed by atoms with Crippen LogP contribution in [-0.2, 0) is 38.1 Å². The van der Waals surface area contributed by atoms with Crippen LogP contribution in [0.15, 0.2) is 23.8 Å². The van der Waals surface area contributed by atoms with Gasteiger partial charge in [0, 0.05) is 38.2 Å². The van der Waals surface area contributed by atoms with Gasteiger partial charge >= 0.3 is 23.9 Å². The van der Waals surface area contributed by atoms with E-state index in [2.05, 4.69) is 6.58 Å². The molecule has 1 aliphatic heterocycles. The average Bonchev–Trinajstić information content (AvgIpc) is 3.04. The molecule has 1 saturated heterocycles. The van der Waals surface area contributed by atoms with E-state index in [1.807, 2.05) is 0 Å². The lowest BCUT2D eigenvalue weighted by atomic mass is 9.74. The first-order valence-corrected chi connectivity index (χ1v) is 9.68. The topological polar surface area (TPSA) is 125 Å². The van der Waals surface area contributed by atoms with E-state index in [0.29, 0.717) is 0 Å². The van der Waals surface area contributed by atoms with Crippen LogP contribution in [0, 0.1) is 17.8 Å². The van der Waals surface area contributed by atoms with Crippen molar-refractivity contribution >= 4 is 23.9 Å². The van der Waals surface area contributed by atoms with Crippen LogP contribution in [0.5, 0.6) is 0 Å². The third-order valence-corrected chi connectivity index (χ3v) is 6.11. The van der Waals surface area contributed by atoms with E-state index >= 15 is 0 Å². The quantitative estimate of drug-likeness (QED) is 0.305. The molecule has 3 rings (SSSR count). The largest absolute Gasteiger partial charge is 0.458 e. The highest BCUT2D eigenvalue weighted by molar-refractivity contribution is 5.91. The Kier molecular flexibility index (Phi) is 5.53. The highest BCUT2D eigenvalue weighted by Gasteiger charge is 2.66. The van der Waals surface area contributed by atoms with Crippen LogP contribution in [0.25, 0.3) is 0 Å². The number of hydrogen-bond acceptors (Lipinski definition) is 9. The number of esters is 4. The maximum Gasteiger partial charge on any atom is 0.334 e. The van der Waals surface area contributed by atoms with Crippen LogP contribution < -0.4 is 0 Å². The van der Waals surface area contributed by atoms with Gasteiger partial charge in [0.2, 0.25) is 0 Å². The third-order valence-electron chi connectivity index (χ3n) is 6.11. The van der Waals surface area contributed by atoms with Gasteiger partial charge in [-0.2, -0.15) is 0 Å². The van der Waals surface area contributed by atoms with Gasteiger partial charge in [0.05, 0.1) is 5.92 Å². The first-order valence-electron chi connectivity index (χ1n) is 9.68. The summed E-state index contributed by atoms with van der Waals surface area (Å²) in [6, 6.07) is 0. The predicted octanol–water partition coefficient (Wildman–Crippen LogP) is 0.836. The van der Waals surface area contributed by atoms with Gasteiger partial charge in [-0.25, -0.2) is 4.79 Å². The van der Waals surface area contributed by atoms with Crippen molar-refractivity contribution in [3.05, 3.63) is 23.8 Å². The lowest BCUT2D eigenvalue weighted by Crippen LogP contribution is -2.57. The van der Waals surface area contributed by atoms with Gasteiger partial charge in [-0.15, -0.1) is 0 Å². The van der Waals surface area contributed by atoms with Crippen molar-refractivity contribution in [1.82, 2.24) is 0 Å². The van der Waals surface area contributed by atoms with Gasteiger partial charge in [0.15, 0.2) is 12.2 Å². The van der Waals surface area contributed by atoms with Gasteiger partial charge in [0.25, 0.3) is 0 Å². The molecule has 0 spiro atoms. The lowest BCUT2D eigenvalue weighted by Gasteiger charge is -2.42. The van der Waals surface area contributed by atoms with E-state index in [4.69, 9.17) is 18.9 Å². The molecule has 0 amide bonds. The third kappa shape index (κ3) is 3.51. The van der Waals surface area contributed by atoms with E-state index in [1.54, 1.807) is 13.0 Å². The molecule has 0 aromatic heterocycles. The van der Waals surface area contributed by atoms with Gasteiger partial charge in [-0.1, -0.05) is 12.2 Å². The van der Waals surface area contributed by atoms with Gasteiger partial charge in [0.1, 0.15) is 17.8 Å². The number of aliphatic hydroxyl groups is 1. The maximum atomic E-state index is 12.4. The van der Waals surface area contributed by atoms with Crippen LogP contribution >= 0.6 is 0 Å². The van der Waals surface area contributed by atoms with Crippen LogP contribution in [0.3, 0.4) is 0 Å². The molecule has 1 saturated carbocycles. The molecule has 1 N–H and O–H groups in total. The van der Waals surface area contributed by atoms with Crippen LogP contribution in [0.1, 0.15) is 34.6 Å². The van der Waals surface area contributed by atoms with Gasteiger partial charge in [-0.05, 0) is 19.9 Å². The summed E-state index contributed by atoms with van der Waals surface area (Å²) >= 11 is 0. The summed E-state index contributed by atoms with van der Waals surface area (Å²) in [4.78, 5) is 47.9. The Morgan fingerprint density at radius 1 is 1.07 bits per heavy atom. The fourth-order valence-corrected chi connectivity index (χ4v) is 5.11. The summed E-state index contributed by atoms with van der Waals surface area (Å²) in [5, 5.41) is 11.7. The second kappa shape index (κ2) is 7.54. The van der Waals surface area contributed by atoms with Crippen molar-refractivity contribution in [2.45, 2.75) is 64.6 Å². The molecule has 9 heteroatoms. The minimum atomic E-state index is -1.80. The Hall–Kier alpha value is -2.68. The summed E-state index contributed by atoms with van der Waals surface area (Å²) in [6.45, 7) is 10.6. The molecular weight excluding hydrogens is 396 g/mol. The van der Waals surface area contributed by atoms with E-state index in [-0.39, 0.29) is 5.57 Å². The smallest absolute Gasteiger partial charge is 0.334 e. The van der Waals surface area contributed by atoms with E-state index in [0.717, 1.165) is 12.5 Å². The second-order valence-electron chi connectivity index (χ2n) is 8.29. The van der Waals surface area contributed by atoms with Crippen LogP contribution in [0.4, 0.5) is 0 Å². The zero-order chi connectivity index (χ0) is 22.5. The summed E-state index contributed by atoms with van der Waals surface area (Å²) in [5.74, 6) is -4.87. The Bertz CT molecular complexity index is 839. The van der Waals surface area contributed by atoms with E-state index in [1.165, 1.54) is 20.8 Å². The molecule has 1 heterocycles. The Morgan fingerprint density at radius 2 is 1.63 bits per heavy atom. The zero-order valence-corrected chi connectivity index (χ0v) is 17.5. The molecule has 2 fully saturated rings. The van der Waals surface area contributed by atoms with E-state index < -0.39 is 71.6 Å². The number of carbonyl (C=O) groups excluding carboxylic acids is 4. The molecule has 0 unspecified atom stereocenters. The summed E-state index contributed by atoms with van der Waals surface area (Å²) in [7, 11) is 0. The second-order valence-corrected chi connectivity index (χ2v) is 8.29. The predicted molar refractivity (Wildman–Crippen MR) is 101 cm³/mol. The highest BCUT2D eigenvalue weighted by Crippen LogP contribution is 2.54. The molecule has 0 bridgehead atoms. The molecule has 8 atom stereocenters. The summed E-state index contributed by atoms with van der Waals surface area (Å²) < 4.78 is 21.9. The molecule has 2 aliphatic carbocycles. The monoisotopic (exact) mass is 422 g/mol. The summed E-state index contributed by atoms with van der Waals surface area (Å²) in [5.41, 5.74) is -1.01. The molecular formula is C21H26O9. The van der Waals surface area contributed by atoms with Crippen molar-refractivity contribution in [2.24, 2.45) is 17.8 Å². The molecule has 9 nitrogen and oxygen atoms in total. The van der Waals surface area contributed by atoms with Gasteiger partial charge < -0.3 is 24.1 Å². The molecule has 3 aliphatic rings. The Morgan fingerprint density at radius 3 is 2.17 bits per heavy atom. The molecule has 0 aromatic rings. The maximum absolute atomic E-state index is 12.4. The van der Waals surface area contributed by atoms with Crippen molar-refractivity contribution < 1.29 is 43.2 Å².